The number of ether oxygens (including phenoxy) is 2. The van der Waals surface area contributed by atoms with Crippen LogP contribution < -0.4 is 15.0 Å². The monoisotopic (exact) mass is 511 g/mol. The number of H-pyrrole nitrogens is 1. The number of benzene rings is 3. The molecule has 0 aliphatic carbocycles. The molecule has 0 fully saturated rings. The van der Waals surface area contributed by atoms with Crippen LogP contribution in [0.5, 0.6) is 11.5 Å². The fourth-order valence-corrected chi connectivity index (χ4v) is 4.93. The largest absolute Gasteiger partial charge is 0.493 e. The van der Waals surface area contributed by atoms with Crippen LogP contribution in [0.15, 0.2) is 76.7 Å². The van der Waals surface area contributed by atoms with Crippen LogP contribution in [0.1, 0.15) is 11.1 Å². The summed E-state index contributed by atoms with van der Waals surface area (Å²) in [4.78, 5) is 21.7. The highest BCUT2D eigenvalue weighted by atomic mass is 32.2. The SMILES string of the molecule is COc1ccc(-n2c(SCc3ccc(C(F)(F)F)cc3)nc3c([nH]c4ccccc43)c2=O)cc1OC. The van der Waals surface area contributed by atoms with E-state index in [1.54, 1.807) is 18.2 Å². The molecule has 0 spiro atoms. The second-order valence-electron chi connectivity index (χ2n) is 7.95. The highest BCUT2D eigenvalue weighted by molar-refractivity contribution is 7.98. The van der Waals surface area contributed by atoms with Crippen LogP contribution in [-0.4, -0.2) is 28.8 Å². The van der Waals surface area contributed by atoms with Gasteiger partial charge < -0.3 is 14.5 Å². The molecule has 0 atom stereocenters. The number of nitrogens with zero attached hydrogens (tertiary/aromatic N) is 2. The van der Waals surface area contributed by atoms with Gasteiger partial charge in [0.2, 0.25) is 0 Å². The van der Waals surface area contributed by atoms with Crippen molar-refractivity contribution in [3.05, 3.63) is 88.2 Å². The Morgan fingerprint density at radius 1 is 0.972 bits per heavy atom. The van der Waals surface area contributed by atoms with Crippen LogP contribution in [0.25, 0.3) is 27.6 Å². The number of thioether (sulfide) groups is 1. The second kappa shape index (κ2) is 9.27. The lowest BCUT2D eigenvalue weighted by molar-refractivity contribution is -0.137. The zero-order valence-electron chi connectivity index (χ0n) is 19.2. The molecule has 1 N–H and O–H groups in total. The minimum atomic E-state index is -4.40. The molecule has 0 bridgehead atoms. The summed E-state index contributed by atoms with van der Waals surface area (Å²) >= 11 is 1.26. The molecule has 5 rings (SSSR count). The first kappa shape index (κ1) is 23.8. The Morgan fingerprint density at radius 2 is 1.69 bits per heavy atom. The van der Waals surface area contributed by atoms with Crippen molar-refractivity contribution in [2.75, 3.05) is 14.2 Å². The molecule has 36 heavy (non-hydrogen) atoms. The average molecular weight is 512 g/mol. The maximum atomic E-state index is 13.7. The minimum absolute atomic E-state index is 0.307. The van der Waals surface area contributed by atoms with Gasteiger partial charge in [-0.1, -0.05) is 42.1 Å². The van der Waals surface area contributed by atoms with E-state index in [2.05, 4.69) is 4.98 Å². The van der Waals surface area contributed by atoms with Gasteiger partial charge >= 0.3 is 6.18 Å². The number of methoxy groups -OCH3 is 2. The third-order valence-electron chi connectivity index (χ3n) is 5.77. The van der Waals surface area contributed by atoms with Crippen molar-refractivity contribution in [1.82, 2.24) is 14.5 Å². The quantitative estimate of drug-likeness (QED) is 0.217. The third kappa shape index (κ3) is 4.28. The predicted molar refractivity (Wildman–Crippen MR) is 133 cm³/mol. The van der Waals surface area contributed by atoms with Gasteiger partial charge in [0.1, 0.15) is 11.0 Å². The topological polar surface area (TPSA) is 69.1 Å². The van der Waals surface area contributed by atoms with E-state index in [-0.39, 0.29) is 5.56 Å². The molecule has 5 aromatic rings. The smallest absolute Gasteiger partial charge is 0.416 e. The molecule has 0 saturated carbocycles. The standard InChI is InChI=1S/C26H20F3N3O3S/c1-34-20-12-11-17(13-21(20)35-2)32-24(33)23-22(18-5-3-4-6-19(18)30-23)31-25(32)36-14-15-7-9-16(10-8-15)26(27,28)29/h3-13,30H,14H2,1-2H3. The Kier molecular flexibility index (Phi) is 6.13. The van der Waals surface area contributed by atoms with E-state index in [9.17, 15) is 18.0 Å². The maximum absolute atomic E-state index is 13.7. The van der Waals surface area contributed by atoms with Crippen LogP contribution in [-0.2, 0) is 11.9 Å². The first-order valence-electron chi connectivity index (χ1n) is 10.8. The van der Waals surface area contributed by atoms with Crippen LogP contribution in [0, 0.1) is 0 Å². The Morgan fingerprint density at radius 3 is 2.39 bits per heavy atom. The van der Waals surface area contributed by atoms with E-state index < -0.39 is 11.7 Å². The Bertz CT molecular complexity index is 1630. The van der Waals surface area contributed by atoms with E-state index in [1.165, 1.54) is 42.7 Å². The summed E-state index contributed by atoms with van der Waals surface area (Å²) in [6, 6.07) is 17.5. The highest BCUT2D eigenvalue weighted by Crippen LogP contribution is 2.33. The van der Waals surface area contributed by atoms with Gasteiger partial charge in [0.25, 0.3) is 5.56 Å². The number of hydrogen-bond acceptors (Lipinski definition) is 5. The number of para-hydroxylation sites is 1. The molecular formula is C26H20F3N3O3S. The van der Waals surface area contributed by atoms with Crippen molar-refractivity contribution in [3.8, 4) is 17.2 Å². The van der Waals surface area contributed by atoms with Gasteiger partial charge in [-0.25, -0.2) is 4.98 Å². The molecule has 3 aromatic carbocycles. The number of alkyl halides is 3. The van der Waals surface area contributed by atoms with Crippen molar-refractivity contribution in [2.24, 2.45) is 0 Å². The van der Waals surface area contributed by atoms with E-state index in [0.29, 0.717) is 44.7 Å². The molecule has 0 aliphatic rings. The first-order valence-corrected chi connectivity index (χ1v) is 11.8. The zero-order valence-corrected chi connectivity index (χ0v) is 20.0. The van der Waals surface area contributed by atoms with Crippen LogP contribution in [0.4, 0.5) is 13.2 Å². The number of rotatable bonds is 6. The first-order chi connectivity index (χ1) is 17.3. The summed E-state index contributed by atoms with van der Waals surface area (Å²) in [7, 11) is 3.02. The van der Waals surface area contributed by atoms with Crippen molar-refractivity contribution in [3.63, 3.8) is 0 Å². The lowest BCUT2D eigenvalue weighted by Gasteiger charge is -2.15. The summed E-state index contributed by atoms with van der Waals surface area (Å²) in [5.74, 6) is 1.26. The summed E-state index contributed by atoms with van der Waals surface area (Å²) < 4.78 is 51.0. The Labute approximate surface area is 207 Å². The number of nitrogens with one attached hydrogen (secondary N) is 1. The molecule has 0 saturated heterocycles. The van der Waals surface area contributed by atoms with E-state index in [0.717, 1.165) is 23.0 Å². The molecule has 6 nitrogen and oxygen atoms in total. The second-order valence-corrected chi connectivity index (χ2v) is 8.89. The predicted octanol–water partition coefficient (Wildman–Crippen LogP) is 6.20. The van der Waals surface area contributed by atoms with E-state index in [4.69, 9.17) is 14.5 Å². The van der Waals surface area contributed by atoms with Crippen molar-refractivity contribution >= 4 is 33.7 Å². The normalized spacial score (nSPS) is 11.8. The highest BCUT2D eigenvalue weighted by Gasteiger charge is 2.30. The van der Waals surface area contributed by atoms with E-state index in [1.807, 2.05) is 24.3 Å². The number of aromatic amines is 1. The fourth-order valence-electron chi connectivity index (χ4n) is 3.97. The van der Waals surface area contributed by atoms with Gasteiger partial charge in [-0.05, 0) is 35.9 Å². The fraction of sp³-hybridized carbons (Fsp3) is 0.154. The molecule has 2 aromatic heterocycles. The molecule has 0 radical (unpaired) electrons. The summed E-state index contributed by atoms with van der Waals surface area (Å²) in [6.45, 7) is 0. The number of halogens is 3. The van der Waals surface area contributed by atoms with Crippen LogP contribution in [0.3, 0.4) is 0 Å². The minimum Gasteiger partial charge on any atom is -0.493 e. The Balaban J connectivity index is 1.63. The molecule has 2 heterocycles. The lowest BCUT2D eigenvalue weighted by atomic mass is 10.1. The number of fused-ring (bicyclic) bond motifs is 3. The van der Waals surface area contributed by atoms with Gasteiger partial charge in [0, 0.05) is 22.7 Å². The van der Waals surface area contributed by atoms with Crippen molar-refractivity contribution in [2.45, 2.75) is 17.1 Å². The molecule has 0 aliphatic heterocycles. The summed E-state index contributed by atoms with van der Waals surface area (Å²) in [5.41, 5.74) is 1.82. The maximum Gasteiger partial charge on any atom is 0.416 e. The molecular weight excluding hydrogens is 491 g/mol. The number of hydrogen-bond donors (Lipinski definition) is 1. The summed E-state index contributed by atoms with van der Waals surface area (Å²) in [6.07, 6.45) is -4.40. The lowest BCUT2D eigenvalue weighted by Crippen LogP contribution is -2.22. The summed E-state index contributed by atoms with van der Waals surface area (Å²) in [5, 5.41) is 1.20. The van der Waals surface area contributed by atoms with Gasteiger partial charge in [-0.3, -0.25) is 9.36 Å². The molecule has 0 unspecified atom stereocenters. The number of aromatic nitrogens is 3. The molecule has 184 valence electrons. The van der Waals surface area contributed by atoms with Crippen LogP contribution >= 0.6 is 11.8 Å². The van der Waals surface area contributed by atoms with E-state index >= 15 is 0 Å². The third-order valence-corrected chi connectivity index (χ3v) is 6.78. The van der Waals surface area contributed by atoms with Crippen LogP contribution in [0.2, 0.25) is 0 Å². The molecule has 10 heteroatoms. The Hall–Kier alpha value is -3.92. The molecule has 0 amide bonds. The van der Waals surface area contributed by atoms with Gasteiger partial charge in [-0.15, -0.1) is 0 Å². The van der Waals surface area contributed by atoms with Crippen molar-refractivity contribution in [1.29, 1.82) is 0 Å². The van der Waals surface area contributed by atoms with Gasteiger partial charge in [-0.2, -0.15) is 13.2 Å². The van der Waals surface area contributed by atoms with Gasteiger partial charge in [0.15, 0.2) is 16.7 Å². The zero-order chi connectivity index (χ0) is 25.4. The van der Waals surface area contributed by atoms with Gasteiger partial charge in [0.05, 0.1) is 25.5 Å². The van der Waals surface area contributed by atoms with Crippen molar-refractivity contribution < 1.29 is 22.6 Å². The average Bonchev–Trinajstić information content (AvgIpc) is 3.26.